The molecule has 1 fully saturated rings. The van der Waals surface area contributed by atoms with Gasteiger partial charge in [-0.05, 0) is 31.1 Å². The van der Waals surface area contributed by atoms with Gasteiger partial charge in [0.25, 0.3) is 0 Å². The van der Waals surface area contributed by atoms with Crippen LogP contribution in [-0.2, 0) is 4.79 Å². The van der Waals surface area contributed by atoms with Crippen molar-refractivity contribution in [2.24, 2.45) is 5.41 Å². The Hall–Kier alpha value is -0.430. The zero-order valence-corrected chi connectivity index (χ0v) is 11.2. The number of thioether (sulfide) groups is 1. The highest BCUT2D eigenvalue weighted by molar-refractivity contribution is 8.00. The number of carbonyl (C=O) groups is 1. The summed E-state index contributed by atoms with van der Waals surface area (Å²) >= 11 is -0.1000. The molecular weight excluding hydrogens is 265 g/mol. The molecular formula is C11H19F3N2OS. The summed E-state index contributed by atoms with van der Waals surface area (Å²) in [6.07, 6.45) is 2.43. The molecule has 18 heavy (non-hydrogen) atoms. The third-order valence-corrected chi connectivity index (χ3v) is 3.84. The van der Waals surface area contributed by atoms with Gasteiger partial charge < -0.3 is 10.6 Å². The quantitative estimate of drug-likeness (QED) is 0.734. The lowest BCUT2D eigenvalue weighted by Gasteiger charge is -2.26. The summed E-state index contributed by atoms with van der Waals surface area (Å²) < 4.78 is 35.8. The molecule has 1 aliphatic heterocycles. The average Bonchev–Trinajstić information content (AvgIpc) is 2.73. The van der Waals surface area contributed by atoms with E-state index in [1.165, 1.54) is 0 Å². The fourth-order valence-electron chi connectivity index (χ4n) is 2.26. The first-order valence-corrected chi connectivity index (χ1v) is 7.08. The van der Waals surface area contributed by atoms with Crippen molar-refractivity contribution in [3.8, 4) is 0 Å². The van der Waals surface area contributed by atoms with E-state index in [0.29, 0.717) is 6.54 Å². The van der Waals surface area contributed by atoms with Crippen LogP contribution in [0.1, 0.15) is 26.2 Å². The molecule has 1 rings (SSSR count). The first kappa shape index (κ1) is 15.6. The van der Waals surface area contributed by atoms with Crippen LogP contribution in [0.2, 0.25) is 0 Å². The van der Waals surface area contributed by atoms with Crippen LogP contribution in [0, 0.1) is 5.41 Å². The van der Waals surface area contributed by atoms with E-state index in [1.54, 1.807) is 0 Å². The Morgan fingerprint density at radius 2 is 2.22 bits per heavy atom. The van der Waals surface area contributed by atoms with E-state index < -0.39 is 10.9 Å². The van der Waals surface area contributed by atoms with E-state index in [0.717, 1.165) is 25.8 Å². The second kappa shape index (κ2) is 6.65. The average molecular weight is 284 g/mol. The van der Waals surface area contributed by atoms with E-state index in [1.807, 2.05) is 6.92 Å². The zero-order valence-electron chi connectivity index (χ0n) is 10.4. The molecule has 0 aliphatic carbocycles. The lowest BCUT2D eigenvalue weighted by atomic mass is 9.81. The minimum absolute atomic E-state index is 0.0640. The Kier molecular flexibility index (Phi) is 5.78. The van der Waals surface area contributed by atoms with Crippen molar-refractivity contribution in [1.82, 2.24) is 10.6 Å². The van der Waals surface area contributed by atoms with Gasteiger partial charge in [-0.1, -0.05) is 13.3 Å². The number of rotatable bonds is 6. The molecule has 2 N–H and O–H groups in total. The maximum Gasteiger partial charge on any atom is 0.441 e. The van der Waals surface area contributed by atoms with E-state index in [9.17, 15) is 18.0 Å². The minimum atomic E-state index is -4.22. The molecule has 1 aliphatic rings. The van der Waals surface area contributed by atoms with Gasteiger partial charge in [0, 0.05) is 18.8 Å². The Labute approximate surface area is 109 Å². The van der Waals surface area contributed by atoms with Crippen molar-refractivity contribution in [3.63, 3.8) is 0 Å². The molecule has 0 aromatic rings. The standard InChI is InChI=1S/C11H19F3N2OS/c1-2-3-10(4-5-15-8-10)9(17)16-6-7-18-11(12,13)14/h15H,2-8H2,1H3,(H,16,17). The van der Waals surface area contributed by atoms with Gasteiger partial charge in [0.1, 0.15) is 0 Å². The molecule has 3 nitrogen and oxygen atoms in total. The summed E-state index contributed by atoms with van der Waals surface area (Å²) in [6.45, 7) is 3.49. The Morgan fingerprint density at radius 1 is 1.50 bits per heavy atom. The largest absolute Gasteiger partial charge is 0.441 e. The highest BCUT2D eigenvalue weighted by Gasteiger charge is 2.40. The van der Waals surface area contributed by atoms with Gasteiger partial charge in [0.05, 0.1) is 5.41 Å². The van der Waals surface area contributed by atoms with Gasteiger partial charge in [0.2, 0.25) is 5.91 Å². The van der Waals surface area contributed by atoms with Crippen LogP contribution in [0.3, 0.4) is 0 Å². The first-order valence-electron chi connectivity index (χ1n) is 6.09. The first-order chi connectivity index (χ1) is 8.40. The lowest BCUT2D eigenvalue weighted by Crippen LogP contribution is -2.43. The highest BCUT2D eigenvalue weighted by atomic mass is 32.2. The maximum atomic E-state index is 12.0. The number of nitrogens with one attached hydrogen (secondary N) is 2. The SMILES string of the molecule is CCCC1(C(=O)NCCSC(F)(F)F)CCNC1. The van der Waals surface area contributed by atoms with Gasteiger partial charge >= 0.3 is 5.51 Å². The summed E-state index contributed by atoms with van der Waals surface area (Å²) in [5.74, 6) is -0.248. The van der Waals surface area contributed by atoms with Gasteiger partial charge in [-0.2, -0.15) is 13.2 Å². The molecule has 0 aromatic carbocycles. The molecule has 106 valence electrons. The molecule has 1 amide bonds. The monoisotopic (exact) mass is 284 g/mol. The number of amides is 1. The van der Waals surface area contributed by atoms with Crippen LogP contribution in [0.5, 0.6) is 0 Å². The van der Waals surface area contributed by atoms with Crippen LogP contribution < -0.4 is 10.6 Å². The second-order valence-corrected chi connectivity index (χ2v) is 5.67. The van der Waals surface area contributed by atoms with Crippen LogP contribution in [0.4, 0.5) is 13.2 Å². The zero-order chi connectivity index (χ0) is 13.6. The van der Waals surface area contributed by atoms with Gasteiger partial charge in [0.15, 0.2) is 0 Å². The number of hydrogen-bond donors (Lipinski definition) is 2. The van der Waals surface area contributed by atoms with E-state index >= 15 is 0 Å². The molecule has 0 aromatic heterocycles. The number of alkyl halides is 3. The Bertz CT molecular complexity index is 278. The van der Waals surface area contributed by atoms with Crippen molar-refractivity contribution in [2.45, 2.75) is 31.7 Å². The molecule has 0 spiro atoms. The Balaban J connectivity index is 2.34. The predicted molar refractivity (Wildman–Crippen MR) is 66.4 cm³/mol. The summed E-state index contributed by atoms with van der Waals surface area (Å²) in [4.78, 5) is 12.0. The number of hydrogen-bond acceptors (Lipinski definition) is 3. The topological polar surface area (TPSA) is 41.1 Å². The summed E-state index contributed by atoms with van der Waals surface area (Å²) in [5, 5.41) is 5.77. The highest BCUT2D eigenvalue weighted by Crippen LogP contribution is 2.32. The minimum Gasteiger partial charge on any atom is -0.355 e. The van der Waals surface area contributed by atoms with Crippen molar-refractivity contribution in [1.29, 1.82) is 0 Å². The summed E-state index contributed by atoms with van der Waals surface area (Å²) in [5.41, 5.74) is -4.64. The molecule has 1 unspecified atom stereocenters. The van der Waals surface area contributed by atoms with E-state index in [4.69, 9.17) is 0 Å². The van der Waals surface area contributed by atoms with E-state index in [-0.39, 0.29) is 30.0 Å². The van der Waals surface area contributed by atoms with Gasteiger partial charge in [-0.3, -0.25) is 4.79 Å². The number of carbonyl (C=O) groups excluding carboxylic acids is 1. The van der Waals surface area contributed by atoms with Crippen molar-refractivity contribution < 1.29 is 18.0 Å². The third-order valence-electron chi connectivity index (χ3n) is 3.11. The smallest absolute Gasteiger partial charge is 0.355 e. The van der Waals surface area contributed by atoms with Crippen LogP contribution in [0.25, 0.3) is 0 Å². The molecule has 0 saturated carbocycles. The Morgan fingerprint density at radius 3 is 2.72 bits per heavy atom. The van der Waals surface area contributed by atoms with Gasteiger partial charge in [-0.25, -0.2) is 0 Å². The van der Waals surface area contributed by atoms with E-state index in [2.05, 4.69) is 10.6 Å². The summed E-state index contributed by atoms with van der Waals surface area (Å²) in [7, 11) is 0. The maximum absolute atomic E-state index is 12.0. The van der Waals surface area contributed by atoms with Gasteiger partial charge in [-0.15, -0.1) is 0 Å². The summed E-state index contributed by atoms with van der Waals surface area (Å²) in [6, 6.07) is 0. The van der Waals surface area contributed by atoms with Crippen LogP contribution in [0.15, 0.2) is 0 Å². The molecule has 7 heteroatoms. The molecule has 0 radical (unpaired) electrons. The lowest BCUT2D eigenvalue weighted by molar-refractivity contribution is -0.130. The normalized spacial score (nSPS) is 24.2. The van der Waals surface area contributed by atoms with Crippen LogP contribution in [-0.4, -0.2) is 36.8 Å². The molecule has 1 heterocycles. The third kappa shape index (κ3) is 4.68. The molecule has 0 bridgehead atoms. The van der Waals surface area contributed by atoms with Crippen LogP contribution >= 0.6 is 11.8 Å². The fourth-order valence-corrected chi connectivity index (χ4v) is 2.70. The van der Waals surface area contributed by atoms with Crippen molar-refractivity contribution >= 4 is 17.7 Å². The fraction of sp³-hybridized carbons (Fsp3) is 0.909. The predicted octanol–water partition coefficient (Wildman–Crippen LogP) is 2.14. The van der Waals surface area contributed by atoms with Crippen molar-refractivity contribution in [3.05, 3.63) is 0 Å². The number of halogens is 3. The second-order valence-electron chi connectivity index (χ2n) is 4.51. The van der Waals surface area contributed by atoms with Crippen molar-refractivity contribution in [2.75, 3.05) is 25.4 Å². The molecule has 1 saturated heterocycles. The molecule has 1 atom stereocenters.